The molecule has 4 heteroatoms. The summed E-state index contributed by atoms with van der Waals surface area (Å²) in [7, 11) is 1.98. The molecule has 2 heterocycles. The average molecular weight is 222 g/mol. The number of rotatable bonds is 3. The van der Waals surface area contributed by atoms with Crippen molar-refractivity contribution in [2.75, 3.05) is 19.6 Å². The molecule has 0 aromatic carbocycles. The number of nitrogens with two attached hydrogens (primary N) is 1. The van der Waals surface area contributed by atoms with Gasteiger partial charge in [-0.05, 0) is 39.3 Å². The molecule has 2 N–H and O–H groups in total. The minimum absolute atomic E-state index is 0.463. The molecule has 0 radical (unpaired) electrons. The predicted octanol–water partition coefficient (Wildman–Crippen LogP) is 1.07. The van der Waals surface area contributed by atoms with Crippen molar-refractivity contribution in [2.45, 2.75) is 26.3 Å². The maximum Gasteiger partial charge on any atom is 0.0641 e. The van der Waals surface area contributed by atoms with E-state index in [0.29, 0.717) is 12.0 Å². The molecule has 1 aliphatic rings. The maximum atomic E-state index is 5.73. The van der Waals surface area contributed by atoms with Crippen molar-refractivity contribution >= 4 is 0 Å². The van der Waals surface area contributed by atoms with Gasteiger partial charge in [-0.3, -0.25) is 9.58 Å². The van der Waals surface area contributed by atoms with Crippen LogP contribution in [-0.2, 0) is 7.05 Å². The molecule has 1 aliphatic heterocycles. The fourth-order valence-electron chi connectivity index (χ4n) is 2.63. The van der Waals surface area contributed by atoms with Crippen LogP contribution in [0.15, 0.2) is 6.20 Å². The van der Waals surface area contributed by atoms with Crippen molar-refractivity contribution in [3.05, 3.63) is 17.5 Å². The zero-order chi connectivity index (χ0) is 11.7. The number of hydrogen-bond donors (Lipinski definition) is 1. The number of likely N-dealkylation sites (tertiary alicyclic amines) is 1. The van der Waals surface area contributed by atoms with Crippen molar-refractivity contribution in [3.63, 3.8) is 0 Å². The molecule has 2 unspecified atom stereocenters. The van der Waals surface area contributed by atoms with Crippen LogP contribution in [0.5, 0.6) is 0 Å². The number of aryl methyl sites for hydroxylation is 2. The highest BCUT2D eigenvalue weighted by molar-refractivity contribution is 5.19. The van der Waals surface area contributed by atoms with Gasteiger partial charge in [0.25, 0.3) is 0 Å². The first-order valence-electron chi connectivity index (χ1n) is 6.06. The molecule has 16 heavy (non-hydrogen) atoms. The van der Waals surface area contributed by atoms with Gasteiger partial charge in [-0.25, -0.2) is 0 Å². The average Bonchev–Trinajstić information content (AvgIpc) is 2.84. The second kappa shape index (κ2) is 4.55. The largest absolute Gasteiger partial charge is 0.330 e. The molecule has 0 saturated carbocycles. The smallest absolute Gasteiger partial charge is 0.0641 e. The van der Waals surface area contributed by atoms with E-state index in [1.165, 1.54) is 12.0 Å². The Morgan fingerprint density at radius 3 is 2.88 bits per heavy atom. The Labute approximate surface area is 97.4 Å². The van der Waals surface area contributed by atoms with E-state index in [-0.39, 0.29) is 0 Å². The van der Waals surface area contributed by atoms with Crippen LogP contribution in [0.1, 0.15) is 30.6 Å². The Bertz CT molecular complexity index is 358. The first-order chi connectivity index (χ1) is 7.61. The standard InChI is InChI=1S/C12H22N4/c1-9-12(8-15(3)14-9)10(2)16-5-4-11(6-13)7-16/h8,10-11H,4-7,13H2,1-3H3. The zero-order valence-electron chi connectivity index (χ0n) is 10.5. The molecule has 2 atom stereocenters. The summed E-state index contributed by atoms with van der Waals surface area (Å²) >= 11 is 0. The van der Waals surface area contributed by atoms with E-state index in [0.717, 1.165) is 25.3 Å². The predicted molar refractivity (Wildman–Crippen MR) is 65.1 cm³/mol. The Morgan fingerprint density at radius 2 is 2.38 bits per heavy atom. The van der Waals surface area contributed by atoms with Crippen LogP contribution in [0.2, 0.25) is 0 Å². The number of aromatic nitrogens is 2. The van der Waals surface area contributed by atoms with Crippen molar-refractivity contribution in [3.8, 4) is 0 Å². The van der Waals surface area contributed by atoms with Gasteiger partial charge in [0.2, 0.25) is 0 Å². The van der Waals surface area contributed by atoms with Gasteiger partial charge in [0.1, 0.15) is 0 Å². The molecule has 1 aromatic heterocycles. The third kappa shape index (κ3) is 2.13. The van der Waals surface area contributed by atoms with Crippen LogP contribution in [0, 0.1) is 12.8 Å². The summed E-state index contributed by atoms with van der Waals surface area (Å²) in [6.07, 6.45) is 3.37. The molecule has 4 nitrogen and oxygen atoms in total. The third-order valence-corrected chi connectivity index (χ3v) is 3.70. The van der Waals surface area contributed by atoms with Gasteiger partial charge < -0.3 is 5.73 Å². The summed E-state index contributed by atoms with van der Waals surface area (Å²) in [4.78, 5) is 2.52. The molecule has 1 aromatic rings. The van der Waals surface area contributed by atoms with Gasteiger partial charge in [-0.1, -0.05) is 0 Å². The number of nitrogens with zero attached hydrogens (tertiary/aromatic N) is 3. The van der Waals surface area contributed by atoms with Crippen LogP contribution in [0.4, 0.5) is 0 Å². The molecular weight excluding hydrogens is 200 g/mol. The van der Waals surface area contributed by atoms with Gasteiger partial charge in [0.15, 0.2) is 0 Å². The highest BCUT2D eigenvalue weighted by Crippen LogP contribution is 2.28. The second-order valence-corrected chi connectivity index (χ2v) is 4.90. The lowest BCUT2D eigenvalue weighted by molar-refractivity contribution is 0.253. The van der Waals surface area contributed by atoms with E-state index in [4.69, 9.17) is 5.73 Å². The van der Waals surface area contributed by atoms with Crippen LogP contribution < -0.4 is 5.73 Å². The normalized spacial score (nSPS) is 23.9. The Morgan fingerprint density at radius 1 is 1.62 bits per heavy atom. The summed E-state index contributed by atoms with van der Waals surface area (Å²) in [5.74, 6) is 0.680. The van der Waals surface area contributed by atoms with Crippen LogP contribution >= 0.6 is 0 Å². The van der Waals surface area contributed by atoms with E-state index < -0.39 is 0 Å². The first kappa shape index (κ1) is 11.6. The van der Waals surface area contributed by atoms with Crippen molar-refractivity contribution in [1.82, 2.24) is 14.7 Å². The highest BCUT2D eigenvalue weighted by Gasteiger charge is 2.27. The lowest BCUT2D eigenvalue weighted by atomic mass is 10.1. The molecule has 90 valence electrons. The minimum Gasteiger partial charge on any atom is -0.330 e. The van der Waals surface area contributed by atoms with Gasteiger partial charge in [0, 0.05) is 31.4 Å². The third-order valence-electron chi connectivity index (χ3n) is 3.70. The lowest BCUT2D eigenvalue weighted by Crippen LogP contribution is -2.26. The number of hydrogen-bond acceptors (Lipinski definition) is 3. The molecule has 0 amide bonds. The monoisotopic (exact) mass is 222 g/mol. The zero-order valence-corrected chi connectivity index (χ0v) is 10.5. The summed E-state index contributed by atoms with van der Waals surface area (Å²) < 4.78 is 1.90. The summed E-state index contributed by atoms with van der Waals surface area (Å²) in [5.41, 5.74) is 8.22. The van der Waals surface area contributed by atoms with Gasteiger partial charge in [0.05, 0.1) is 5.69 Å². The summed E-state index contributed by atoms with van der Waals surface area (Å²) in [6.45, 7) is 7.46. The summed E-state index contributed by atoms with van der Waals surface area (Å²) in [6, 6.07) is 0.463. The van der Waals surface area contributed by atoms with Gasteiger partial charge in [-0.15, -0.1) is 0 Å². The molecule has 0 bridgehead atoms. The fraction of sp³-hybridized carbons (Fsp3) is 0.750. The second-order valence-electron chi connectivity index (χ2n) is 4.90. The maximum absolute atomic E-state index is 5.73. The van der Waals surface area contributed by atoms with E-state index >= 15 is 0 Å². The Balaban J connectivity index is 2.08. The molecule has 0 aliphatic carbocycles. The molecular formula is C12H22N4. The van der Waals surface area contributed by atoms with Crippen molar-refractivity contribution < 1.29 is 0 Å². The topological polar surface area (TPSA) is 47.1 Å². The SMILES string of the molecule is Cc1nn(C)cc1C(C)N1CCC(CN)C1. The molecule has 1 fully saturated rings. The van der Waals surface area contributed by atoms with E-state index in [9.17, 15) is 0 Å². The Hall–Kier alpha value is -0.870. The molecule has 0 spiro atoms. The van der Waals surface area contributed by atoms with Gasteiger partial charge in [-0.2, -0.15) is 5.10 Å². The molecule has 1 saturated heterocycles. The van der Waals surface area contributed by atoms with E-state index in [2.05, 4.69) is 30.0 Å². The summed E-state index contributed by atoms with van der Waals surface area (Å²) in [5, 5.41) is 4.41. The lowest BCUT2D eigenvalue weighted by Gasteiger charge is -2.23. The fourth-order valence-corrected chi connectivity index (χ4v) is 2.63. The van der Waals surface area contributed by atoms with E-state index in [1.807, 2.05) is 11.7 Å². The van der Waals surface area contributed by atoms with Crippen LogP contribution in [-0.4, -0.2) is 34.3 Å². The van der Waals surface area contributed by atoms with Crippen molar-refractivity contribution in [2.24, 2.45) is 18.7 Å². The van der Waals surface area contributed by atoms with Crippen molar-refractivity contribution in [1.29, 1.82) is 0 Å². The van der Waals surface area contributed by atoms with Crippen LogP contribution in [0.25, 0.3) is 0 Å². The molecule has 2 rings (SSSR count). The first-order valence-corrected chi connectivity index (χ1v) is 6.06. The van der Waals surface area contributed by atoms with E-state index in [1.54, 1.807) is 0 Å². The quantitative estimate of drug-likeness (QED) is 0.832. The highest BCUT2D eigenvalue weighted by atomic mass is 15.3. The Kier molecular flexibility index (Phi) is 3.30. The van der Waals surface area contributed by atoms with Gasteiger partial charge >= 0.3 is 0 Å². The minimum atomic E-state index is 0.463. The van der Waals surface area contributed by atoms with Crippen LogP contribution in [0.3, 0.4) is 0 Å².